The highest BCUT2D eigenvalue weighted by atomic mass is 79.9. The number of benzene rings is 1. The third-order valence-electron chi connectivity index (χ3n) is 5.25. The Morgan fingerprint density at radius 3 is 2.83 bits per heavy atom. The van der Waals surface area contributed by atoms with Crippen molar-refractivity contribution < 1.29 is 0 Å². The summed E-state index contributed by atoms with van der Waals surface area (Å²) in [4.78, 5) is 17.9. The van der Waals surface area contributed by atoms with E-state index in [0.29, 0.717) is 0 Å². The Hall–Kier alpha value is -2.29. The van der Waals surface area contributed by atoms with Crippen LogP contribution in [0.3, 0.4) is 0 Å². The summed E-state index contributed by atoms with van der Waals surface area (Å²) in [6.07, 6.45) is 6.21. The van der Waals surface area contributed by atoms with E-state index in [9.17, 15) is 0 Å². The predicted molar refractivity (Wildman–Crippen MR) is 122 cm³/mol. The number of pyridine rings is 1. The molecule has 0 spiro atoms. The van der Waals surface area contributed by atoms with Crippen molar-refractivity contribution in [3.05, 3.63) is 47.5 Å². The molecule has 1 aliphatic rings. The third kappa shape index (κ3) is 5.01. The van der Waals surface area contributed by atoms with Gasteiger partial charge in [-0.15, -0.1) is 0 Å². The number of halogens is 1. The van der Waals surface area contributed by atoms with Crippen molar-refractivity contribution >= 4 is 44.0 Å². The highest BCUT2D eigenvalue weighted by Crippen LogP contribution is 2.33. The smallest absolute Gasteiger partial charge is 0.143 e. The monoisotopic (exact) mass is 455 g/mol. The number of hydrogen-bond donors (Lipinski definition) is 2. The number of anilines is 3. The average molecular weight is 456 g/mol. The first-order chi connectivity index (χ1) is 14.2. The number of nitrogens with one attached hydrogen (secondary N) is 2. The summed E-state index contributed by atoms with van der Waals surface area (Å²) in [6.45, 7) is 6.67. The molecule has 29 heavy (non-hydrogen) atoms. The summed E-state index contributed by atoms with van der Waals surface area (Å²) in [5, 5.41) is 7.94. The van der Waals surface area contributed by atoms with E-state index in [-0.39, 0.29) is 0 Å². The molecule has 1 fully saturated rings. The highest BCUT2D eigenvalue weighted by molar-refractivity contribution is 9.10. The van der Waals surface area contributed by atoms with Crippen LogP contribution in [0.25, 0.3) is 10.9 Å². The van der Waals surface area contributed by atoms with Crippen molar-refractivity contribution in [2.75, 3.05) is 56.9 Å². The van der Waals surface area contributed by atoms with Crippen LogP contribution in [-0.4, -0.2) is 71.1 Å². The first-order valence-corrected chi connectivity index (χ1v) is 10.7. The zero-order valence-corrected chi connectivity index (χ0v) is 18.2. The van der Waals surface area contributed by atoms with Crippen LogP contribution in [-0.2, 0) is 0 Å². The van der Waals surface area contributed by atoms with Crippen LogP contribution in [0.1, 0.15) is 6.42 Å². The summed E-state index contributed by atoms with van der Waals surface area (Å²) in [5.41, 5.74) is 2.89. The fraction of sp³-hybridized carbons (Fsp3) is 0.381. The van der Waals surface area contributed by atoms with Crippen molar-refractivity contribution in [3.63, 3.8) is 0 Å². The van der Waals surface area contributed by atoms with Crippen LogP contribution in [0.4, 0.5) is 17.2 Å². The molecule has 0 bridgehead atoms. The number of piperazine rings is 1. The number of hydrogen-bond acceptors (Lipinski definition) is 7. The van der Waals surface area contributed by atoms with Gasteiger partial charge in [-0.05, 0) is 54.1 Å². The van der Waals surface area contributed by atoms with E-state index < -0.39 is 0 Å². The Morgan fingerprint density at radius 1 is 1.10 bits per heavy atom. The van der Waals surface area contributed by atoms with Gasteiger partial charge in [-0.25, -0.2) is 9.97 Å². The minimum absolute atomic E-state index is 0.752. The van der Waals surface area contributed by atoms with E-state index in [1.165, 1.54) is 0 Å². The maximum atomic E-state index is 4.42. The maximum absolute atomic E-state index is 4.42. The minimum atomic E-state index is 0.752. The molecule has 1 aromatic carbocycles. The predicted octanol–water partition coefficient (Wildman–Crippen LogP) is 3.58. The number of likely N-dealkylation sites (N-methyl/N-ethyl adjacent to an activating group) is 1. The van der Waals surface area contributed by atoms with Gasteiger partial charge in [0.15, 0.2) is 0 Å². The lowest BCUT2D eigenvalue weighted by molar-refractivity contribution is 0.154. The fourth-order valence-electron chi connectivity index (χ4n) is 3.52. The van der Waals surface area contributed by atoms with Crippen molar-refractivity contribution in [1.29, 1.82) is 0 Å². The standard InChI is InChI=1S/C21H26BrN7/c1-28-10-12-29(13-11-28)9-3-7-24-20-17(22)4-2-5-19(20)27-21-16-14-23-8-6-18(16)25-15-26-21/h2,4-6,8,14-15,24H,3,7,9-13H2,1H3,(H,25,26,27). The second-order valence-electron chi connectivity index (χ2n) is 7.33. The van der Waals surface area contributed by atoms with Gasteiger partial charge in [-0.2, -0.15) is 0 Å². The van der Waals surface area contributed by atoms with Gasteiger partial charge in [0.2, 0.25) is 0 Å². The Labute approximate surface area is 179 Å². The summed E-state index contributed by atoms with van der Waals surface area (Å²) in [7, 11) is 2.19. The Bertz CT molecular complexity index is 951. The molecule has 8 heteroatoms. The molecular formula is C21H26BrN7. The van der Waals surface area contributed by atoms with Crippen molar-refractivity contribution in [2.24, 2.45) is 0 Å². The molecular weight excluding hydrogens is 430 g/mol. The van der Waals surface area contributed by atoms with E-state index in [0.717, 1.165) is 78.3 Å². The van der Waals surface area contributed by atoms with Gasteiger partial charge in [0.05, 0.1) is 22.3 Å². The molecule has 0 amide bonds. The molecule has 0 atom stereocenters. The second-order valence-corrected chi connectivity index (χ2v) is 8.18. The highest BCUT2D eigenvalue weighted by Gasteiger charge is 2.13. The number of aromatic nitrogens is 3. The summed E-state index contributed by atoms with van der Waals surface area (Å²) in [6, 6.07) is 8.01. The summed E-state index contributed by atoms with van der Waals surface area (Å²) < 4.78 is 1.03. The van der Waals surface area contributed by atoms with E-state index in [4.69, 9.17) is 0 Å². The van der Waals surface area contributed by atoms with Gasteiger partial charge in [-0.3, -0.25) is 4.98 Å². The zero-order chi connectivity index (χ0) is 20.1. The average Bonchev–Trinajstić information content (AvgIpc) is 2.74. The van der Waals surface area contributed by atoms with Gasteiger partial charge < -0.3 is 20.4 Å². The second kappa shape index (κ2) is 9.47. The molecule has 3 heterocycles. The molecule has 7 nitrogen and oxygen atoms in total. The Kier molecular flexibility index (Phi) is 6.53. The van der Waals surface area contributed by atoms with Gasteiger partial charge in [0.1, 0.15) is 12.1 Å². The molecule has 2 N–H and O–H groups in total. The molecule has 0 unspecified atom stereocenters. The molecule has 2 aromatic heterocycles. The first kappa shape index (κ1) is 20.0. The van der Waals surface area contributed by atoms with Crippen LogP contribution in [0.5, 0.6) is 0 Å². The molecule has 0 saturated carbocycles. The first-order valence-electron chi connectivity index (χ1n) is 9.96. The zero-order valence-electron chi connectivity index (χ0n) is 16.6. The number of nitrogens with zero attached hydrogens (tertiary/aromatic N) is 5. The van der Waals surface area contributed by atoms with Gasteiger partial charge >= 0.3 is 0 Å². The minimum Gasteiger partial charge on any atom is -0.382 e. The van der Waals surface area contributed by atoms with Crippen LogP contribution < -0.4 is 10.6 Å². The van der Waals surface area contributed by atoms with Crippen molar-refractivity contribution in [2.45, 2.75) is 6.42 Å². The van der Waals surface area contributed by atoms with Crippen LogP contribution in [0, 0.1) is 0 Å². The molecule has 152 valence electrons. The third-order valence-corrected chi connectivity index (χ3v) is 5.91. The van der Waals surface area contributed by atoms with Gasteiger partial charge in [-0.1, -0.05) is 6.07 Å². The van der Waals surface area contributed by atoms with E-state index in [1.807, 2.05) is 18.2 Å². The summed E-state index contributed by atoms with van der Waals surface area (Å²) >= 11 is 3.68. The lowest BCUT2D eigenvalue weighted by Crippen LogP contribution is -2.44. The van der Waals surface area contributed by atoms with Crippen LogP contribution >= 0.6 is 15.9 Å². The molecule has 0 aliphatic carbocycles. The molecule has 0 radical (unpaired) electrons. The lowest BCUT2D eigenvalue weighted by Gasteiger charge is -2.32. The van der Waals surface area contributed by atoms with E-state index >= 15 is 0 Å². The van der Waals surface area contributed by atoms with Crippen LogP contribution in [0.15, 0.2) is 47.5 Å². The number of rotatable bonds is 7. The van der Waals surface area contributed by atoms with E-state index in [1.54, 1.807) is 18.7 Å². The van der Waals surface area contributed by atoms with Crippen molar-refractivity contribution in [1.82, 2.24) is 24.8 Å². The Morgan fingerprint density at radius 2 is 1.97 bits per heavy atom. The summed E-state index contributed by atoms with van der Waals surface area (Å²) in [5.74, 6) is 0.752. The quantitative estimate of drug-likeness (QED) is 0.527. The van der Waals surface area contributed by atoms with Gasteiger partial charge in [0, 0.05) is 49.6 Å². The maximum Gasteiger partial charge on any atom is 0.143 e. The molecule has 3 aromatic rings. The number of para-hydroxylation sites is 1. The van der Waals surface area contributed by atoms with Gasteiger partial charge in [0.25, 0.3) is 0 Å². The SMILES string of the molecule is CN1CCN(CCCNc2c(Br)cccc2Nc2ncnc3ccncc23)CC1. The molecule has 1 saturated heterocycles. The largest absolute Gasteiger partial charge is 0.382 e. The molecule has 4 rings (SSSR count). The Balaban J connectivity index is 1.42. The lowest BCUT2D eigenvalue weighted by atomic mass is 10.2. The topological polar surface area (TPSA) is 69.2 Å². The van der Waals surface area contributed by atoms with E-state index in [2.05, 4.69) is 64.4 Å². The normalized spacial score (nSPS) is 15.5. The van der Waals surface area contributed by atoms with Crippen molar-refractivity contribution in [3.8, 4) is 0 Å². The van der Waals surface area contributed by atoms with Crippen LogP contribution in [0.2, 0.25) is 0 Å². The molecule has 1 aliphatic heterocycles. The number of fused-ring (bicyclic) bond motifs is 1. The fourth-order valence-corrected chi connectivity index (χ4v) is 4.03.